The molecule has 2 N–H and O–H groups in total. The summed E-state index contributed by atoms with van der Waals surface area (Å²) in [6, 6.07) is 2.38. The van der Waals surface area contributed by atoms with Crippen molar-refractivity contribution < 1.29 is 9.90 Å². The molecule has 1 fully saturated rings. The molecule has 76 valence electrons. The summed E-state index contributed by atoms with van der Waals surface area (Å²) in [5.41, 5.74) is 1.38. The van der Waals surface area contributed by atoms with Gasteiger partial charge in [0.15, 0.2) is 0 Å². The highest BCUT2D eigenvalue weighted by atomic mass is 16.4. The summed E-state index contributed by atoms with van der Waals surface area (Å²) in [6.45, 7) is 0.770. The van der Waals surface area contributed by atoms with Crippen LogP contribution in [0.2, 0.25) is 0 Å². The highest BCUT2D eigenvalue weighted by Gasteiger charge is 2.20. The minimum Gasteiger partial charge on any atom is -0.477 e. The Kier molecular flexibility index (Phi) is 2.29. The van der Waals surface area contributed by atoms with E-state index in [0.717, 1.165) is 12.1 Å². The molecule has 0 radical (unpaired) electrons. The van der Waals surface area contributed by atoms with E-state index in [1.165, 1.54) is 12.8 Å². The van der Waals surface area contributed by atoms with Crippen molar-refractivity contribution in [3.05, 3.63) is 23.5 Å². The van der Waals surface area contributed by atoms with E-state index < -0.39 is 5.97 Å². The van der Waals surface area contributed by atoms with Crippen molar-refractivity contribution in [3.8, 4) is 0 Å². The third-order valence-corrected chi connectivity index (χ3v) is 2.45. The van der Waals surface area contributed by atoms with Gasteiger partial charge in [0.2, 0.25) is 0 Å². The third kappa shape index (κ3) is 1.96. The molecule has 14 heavy (non-hydrogen) atoms. The van der Waals surface area contributed by atoms with Gasteiger partial charge in [-0.2, -0.15) is 0 Å². The Morgan fingerprint density at radius 2 is 2.43 bits per heavy atom. The molecule has 1 aliphatic carbocycles. The molecule has 2 rings (SSSR count). The Balaban J connectivity index is 2.02. The van der Waals surface area contributed by atoms with E-state index in [0.29, 0.717) is 11.7 Å². The summed E-state index contributed by atoms with van der Waals surface area (Å²) >= 11 is 0. The van der Waals surface area contributed by atoms with Crippen LogP contribution < -0.4 is 5.32 Å². The second-order valence-corrected chi connectivity index (χ2v) is 3.80. The van der Waals surface area contributed by atoms with Crippen LogP contribution in [0.1, 0.15) is 28.9 Å². The average Bonchev–Trinajstić information content (AvgIpc) is 2.86. The van der Waals surface area contributed by atoms with Gasteiger partial charge in [0.25, 0.3) is 0 Å². The van der Waals surface area contributed by atoms with E-state index in [1.807, 2.05) is 6.20 Å². The second kappa shape index (κ2) is 3.46. The van der Waals surface area contributed by atoms with Gasteiger partial charge in [-0.15, -0.1) is 0 Å². The molecule has 1 saturated carbocycles. The van der Waals surface area contributed by atoms with Crippen LogP contribution in [0.15, 0.2) is 12.3 Å². The van der Waals surface area contributed by atoms with Crippen LogP contribution in [-0.2, 0) is 13.6 Å². The molecular weight excluding hydrogens is 180 g/mol. The van der Waals surface area contributed by atoms with Gasteiger partial charge in [0, 0.05) is 25.8 Å². The number of aromatic nitrogens is 1. The van der Waals surface area contributed by atoms with Gasteiger partial charge < -0.3 is 15.0 Å². The summed E-state index contributed by atoms with van der Waals surface area (Å²) < 4.78 is 1.65. The van der Waals surface area contributed by atoms with Gasteiger partial charge in [-0.05, 0) is 24.5 Å². The maximum atomic E-state index is 10.7. The molecule has 0 unspecified atom stereocenters. The Morgan fingerprint density at radius 1 is 1.71 bits per heavy atom. The maximum absolute atomic E-state index is 10.7. The molecule has 4 nitrogen and oxygen atoms in total. The van der Waals surface area contributed by atoms with Crippen molar-refractivity contribution in [1.29, 1.82) is 0 Å². The largest absolute Gasteiger partial charge is 0.477 e. The number of carbonyl (C=O) groups is 1. The molecule has 1 aromatic rings. The Hall–Kier alpha value is -1.29. The van der Waals surface area contributed by atoms with Crippen molar-refractivity contribution in [2.24, 2.45) is 7.05 Å². The lowest BCUT2D eigenvalue weighted by molar-refractivity contribution is 0.0686. The van der Waals surface area contributed by atoms with Crippen LogP contribution >= 0.6 is 0 Å². The quantitative estimate of drug-likeness (QED) is 0.751. The topological polar surface area (TPSA) is 54.3 Å². The van der Waals surface area contributed by atoms with Gasteiger partial charge in [-0.3, -0.25) is 0 Å². The molecular formula is C10H14N2O2. The smallest absolute Gasteiger partial charge is 0.352 e. The molecule has 0 amide bonds. The number of aromatic carboxylic acids is 1. The van der Waals surface area contributed by atoms with Crippen LogP contribution in [0.4, 0.5) is 0 Å². The predicted molar refractivity (Wildman–Crippen MR) is 52.2 cm³/mol. The number of hydrogen-bond acceptors (Lipinski definition) is 2. The molecule has 0 atom stereocenters. The minimum atomic E-state index is -0.870. The van der Waals surface area contributed by atoms with Crippen molar-refractivity contribution >= 4 is 5.97 Å². The van der Waals surface area contributed by atoms with Crippen LogP contribution in [0.3, 0.4) is 0 Å². The first-order valence-electron chi connectivity index (χ1n) is 4.79. The summed E-state index contributed by atoms with van der Waals surface area (Å²) in [4.78, 5) is 10.7. The van der Waals surface area contributed by atoms with E-state index in [4.69, 9.17) is 5.11 Å². The number of carboxylic acids is 1. The van der Waals surface area contributed by atoms with Crippen LogP contribution in [-0.4, -0.2) is 21.7 Å². The Morgan fingerprint density at radius 3 is 2.93 bits per heavy atom. The van der Waals surface area contributed by atoms with E-state index >= 15 is 0 Å². The number of hydrogen-bond donors (Lipinski definition) is 2. The standard InChI is InChI=1S/C10H14N2O2/c1-12-6-7(4-9(12)10(13)14)5-11-8-2-3-8/h4,6,8,11H,2-3,5H2,1H3,(H,13,14). The molecule has 0 aliphatic heterocycles. The van der Waals surface area contributed by atoms with Gasteiger partial charge in [0.1, 0.15) is 5.69 Å². The number of carboxylic acid groups (broad SMARTS) is 1. The van der Waals surface area contributed by atoms with Crippen LogP contribution in [0.5, 0.6) is 0 Å². The normalized spacial score (nSPS) is 15.8. The van der Waals surface area contributed by atoms with Gasteiger partial charge in [-0.1, -0.05) is 0 Å². The minimum absolute atomic E-state index is 0.345. The first kappa shape index (κ1) is 9.27. The fraction of sp³-hybridized carbons (Fsp3) is 0.500. The maximum Gasteiger partial charge on any atom is 0.352 e. The molecule has 0 saturated heterocycles. The molecule has 1 aromatic heterocycles. The zero-order valence-electron chi connectivity index (χ0n) is 8.16. The zero-order chi connectivity index (χ0) is 10.1. The fourth-order valence-corrected chi connectivity index (χ4v) is 1.49. The summed E-state index contributed by atoms with van der Waals surface area (Å²) in [7, 11) is 1.75. The summed E-state index contributed by atoms with van der Waals surface area (Å²) in [6.07, 6.45) is 4.36. The summed E-state index contributed by atoms with van der Waals surface area (Å²) in [5, 5.41) is 12.2. The van der Waals surface area contributed by atoms with Crippen molar-refractivity contribution in [2.45, 2.75) is 25.4 Å². The van der Waals surface area contributed by atoms with Crippen LogP contribution in [0.25, 0.3) is 0 Å². The number of nitrogens with zero attached hydrogens (tertiary/aromatic N) is 1. The zero-order valence-corrected chi connectivity index (χ0v) is 8.16. The Labute approximate surface area is 82.5 Å². The monoisotopic (exact) mass is 194 g/mol. The lowest BCUT2D eigenvalue weighted by Crippen LogP contribution is -2.14. The SMILES string of the molecule is Cn1cc(CNC2CC2)cc1C(=O)O. The molecule has 0 bridgehead atoms. The van der Waals surface area contributed by atoms with Gasteiger partial charge in [0.05, 0.1) is 0 Å². The second-order valence-electron chi connectivity index (χ2n) is 3.80. The Bertz CT molecular complexity index is 353. The first-order valence-corrected chi connectivity index (χ1v) is 4.79. The van der Waals surface area contributed by atoms with Crippen molar-refractivity contribution in [1.82, 2.24) is 9.88 Å². The van der Waals surface area contributed by atoms with Gasteiger partial charge >= 0.3 is 5.97 Å². The number of nitrogens with one attached hydrogen (secondary N) is 1. The lowest BCUT2D eigenvalue weighted by atomic mass is 10.3. The highest BCUT2D eigenvalue weighted by Crippen LogP contribution is 2.19. The van der Waals surface area contributed by atoms with E-state index in [1.54, 1.807) is 17.7 Å². The lowest BCUT2D eigenvalue weighted by Gasteiger charge is -1.97. The van der Waals surface area contributed by atoms with E-state index in [-0.39, 0.29) is 0 Å². The first-order chi connectivity index (χ1) is 6.66. The molecule has 0 aromatic carbocycles. The fourth-order valence-electron chi connectivity index (χ4n) is 1.49. The van der Waals surface area contributed by atoms with Crippen molar-refractivity contribution in [2.75, 3.05) is 0 Å². The van der Waals surface area contributed by atoms with Crippen molar-refractivity contribution in [3.63, 3.8) is 0 Å². The predicted octanol–water partition coefficient (Wildman–Crippen LogP) is 0.975. The van der Waals surface area contributed by atoms with E-state index in [2.05, 4.69) is 5.32 Å². The molecule has 4 heteroatoms. The van der Waals surface area contributed by atoms with E-state index in [9.17, 15) is 4.79 Å². The molecule has 1 heterocycles. The highest BCUT2D eigenvalue weighted by molar-refractivity contribution is 5.86. The van der Waals surface area contributed by atoms with Crippen LogP contribution in [0, 0.1) is 0 Å². The molecule has 0 spiro atoms. The number of aryl methyl sites for hydroxylation is 1. The van der Waals surface area contributed by atoms with Gasteiger partial charge in [-0.25, -0.2) is 4.79 Å². The summed E-state index contributed by atoms with van der Waals surface area (Å²) in [5.74, 6) is -0.870. The molecule has 1 aliphatic rings. The average molecular weight is 194 g/mol. The number of rotatable bonds is 4. The third-order valence-electron chi connectivity index (χ3n) is 2.45.